The van der Waals surface area contributed by atoms with Gasteiger partial charge in [0.15, 0.2) is 11.5 Å². The summed E-state index contributed by atoms with van der Waals surface area (Å²) in [5, 5.41) is 14.2. The molecule has 2 heterocycles. The van der Waals surface area contributed by atoms with Crippen LogP contribution in [0.3, 0.4) is 0 Å². The molecule has 6 nitrogen and oxygen atoms in total. The molecule has 2 aromatic heterocycles. The molecule has 162 valence electrons. The predicted molar refractivity (Wildman–Crippen MR) is 124 cm³/mol. The number of hydrogen-bond donors (Lipinski definition) is 1. The first-order valence-electron chi connectivity index (χ1n) is 10.9. The molecule has 0 unspecified atom stereocenters. The minimum absolute atomic E-state index is 0.0587. The predicted octanol–water partition coefficient (Wildman–Crippen LogP) is 5.49. The monoisotopic (exact) mass is 426 g/mol. The van der Waals surface area contributed by atoms with Crippen molar-refractivity contribution in [2.24, 2.45) is 0 Å². The Hall–Kier alpha value is -3.80. The highest BCUT2D eigenvalue weighted by Gasteiger charge is 2.14. The lowest BCUT2D eigenvalue weighted by Gasteiger charge is -2.08. The molecule has 0 aliphatic rings. The fourth-order valence-corrected chi connectivity index (χ4v) is 3.70. The normalized spacial score (nSPS) is 10.9. The van der Waals surface area contributed by atoms with Gasteiger partial charge in [-0.2, -0.15) is 5.10 Å². The largest absolute Gasteiger partial charge is 0.476 e. The molecule has 0 amide bonds. The van der Waals surface area contributed by atoms with Gasteiger partial charge in [0, 0.05) is 30.3 Å². The van der Waals surface area contributed by atoms with Crippen molar-refractivity contribution in [2.45, 2.75) is 39.2 Å². The number of aromatic nitrogens is 4. The summed E-state index contributed by atoms with van der Waals surface area (Å²) < 4.78 is 2.02. The Bertz CT molecular complexity index is 1180. The first kappa shape index (κ1) is 21.4. The minimum atomic E-state index is -1.03. The van der Waals surface area contributed by atoms with Crippen LogP contribution >= 0.6 is 0 Å². The van der Waals surface area contributed by atoms with E-state index >= 15 is 0 Å². The van der Waals surface area contributed by atoms with Gasteiger partial charge in [0.25, 0.3) is 0 Å². The van der Waals surface area contributed by atoms with Gasteiger partial charge in [-0.3, -0.25) is 0 Å². The summed E-state index contributed by atoms with van der Waals surface area (Å²) in [5.74, 6) is 0.647. The highest BCUT2D eigenvalue weighted by atomic mass is 16.4. The summed E-state index contributed by atoms with van der Waals surface area (Å²) in [4.78, 5) is 20.3. The fourth-order valence-electron chi connectivity index (χ4n) is 3.70. The number of hydrogen-bond acceptors (Lipinski definition) is 4. The molecule has 0 aliphatic heterocycles. The molecule has 4 rings (SSSR count). The average Bonchev–Trinajstić information content (AvgIpc) is 3.23. The molecule has 0 bridgehead atoms. The third kappa shape index (κ3) is 4.91. The molecule has 1 N–H and O–H groups in total. The van der Waals surface area contributed by atoms with E-state index in [1.54, 1.807) is 12.1 Å². The first-order chi connectivity index (χ1) is 15.7. The van der Waals surface area contributed by atoms with Crippen molar-refractivity contribution < 1.29 is 9.90 Å². The van der Waals surface area contributed by atoms with Gasteiger partial charge in [0.1, 0.15) is 5.82 Å². The number of benzene rings is 2. The van der Waals surface area contributed by atoms with E-state index in [0.29, 0.717) is 12.0 Å². The Morgan fingerprint density at radius 1 is 0.938 bits per heavy atom. The number of unbranched alkanes of at least 4 members (excludes halogenated alkanes) is 2. The van der Waals surface area contributed by atoms with Crippen LogP contribution in [0.4, 0.5) is 0 Å². The Morgan fingerprint density at radius 2 is 1.72 bits per heavy atom. The van der Waals surface area contributed by atoms with Crippen molar-refractivity contribution in [2.75, 3.05) is 0 Å². The maximum atomic E-state index is 11.5. The van der Waals surface area contributed by atoms with Gasteiger partial charge in [0.05, 0.1) is 0 Å². The van der Waals surface area contributed by atoms with Crippen LogP contribution in [0.15, 0.2) is 72.9 Å². The van der Waals surface area contributed by atoms with Gasteiger partial charge in [0.2, 0.25) is 0 Å². The fraction of sp³-hybridized carbons (Fsp3) is 0.231. The number of rotatable bonds is 9. The van der Waals surface area contributed by atoms with Gasteiger partial charge in [-0.25, -0.2) is 19.4 Å². The van der Waals surface area contributed by atoms with E-state index < -0.39 is 5.97 Å². The van der Waals surface area contributed by atoms with Crippen LogP contribution in [0.2, 0.25) is 0 Å². The second kappa shape index (κ2) is 10.0. The lowest BCUT2D eigenvalue weighted by molar-refractivity contribution is 0.0691. The van der Waals surface area contributed by atoms with Gasteiger partial charge in [-0.1, -0.05) is 80.4 Å². The summed E-state index contributed by atoms with van der Waals surface area (Å²) in [7, 11) is 0. The second-order valence-electron chi connectivity index (χ2n) is 7.73. The van der Waals surface area contributed by atoms with Crippen molar-refractivity contribution >= 4 is 5.97 Å². The highest BCUT2D eigenvalue weighted by molar-refractivity contribution is 5.93. The third-order valence-corrected chi connectivity index (χ3v) is 5.39. The lowest BCUT2D eigenvalue weighted by atomic mass is 10.0. The summed E-state index contributed by atoms with van der Waals surface area (Å²) in [6, 6.07) is 21.5. The first-order valence-corrected chi connectivity index (χ1v) is 10.9. The number of aryl methyl sites for hydroxylation is 1. The van der Waals surface area contributed by atoms with Crippen molar-refractivity contribution in [1.82, 2.24) is 19.7 Å². The van der Waals surface area contributed by atoms with Crippen molar-refractivity contribution in [3.8, 4) is 22.5 Å². The van der Waals surface area contributed by atoms with Gasteiger partial charge in [-0.15, -0.1) is 0 Å². The van der Waals surface area contributed by atoms with Crippen molar-refractivity contribution in [1.29, 1.82) is 0 Å². The average molecular weight is 427 g/mol. The number of carboxylic acid groups (broad SMARTS) is 1. The summed E-state index contributed by atoms with van der Waals surface area (Å²) >= 11 is 0. The lowest BCUT2D eigenvalue weighted by Crippen LogP contribution is -2.07. The molecule has 32 heavy (non-hydrogen) atoms. The van der Waals surface area contributed by atoms with E-state index in [-0.39, 0.29) is 5.69 Å². The SMILES string of the molecule is CCCCCn1nc(-c2ccccc2)nc1Cc1ccc(-c2cccnc2C(=O)O)cc1. The minimum Gasteiger partial charge on any atom is -0.476 e. The topological polar surface area (TPSA) is 80.9 Å². The van der Waals surface area contributed by atoms with Crippen LogP contribution in [0.5, 0.6) is 0 Å². The number of carboxylic acids is 1. The number of pyridine rings is 1. The summed E-state index contributed by atoms with van der Waals surface area (Å²) in [5.41, 5.74) is 3.60. The molecule has 0 saturated carbocycles. The van der Waals surface area contributed by atoms with Gasteiger partial charge in [-0.05, 0) is 23.6 Å². The molecular formula is C26H26N4O2. The number of aromatic carboxylic acids is 1. The molecule has 0 spiro atoms. The van der Waals surface area contributed by atoms with Crippen LogP contribution in [0.1, 0.15) is 48.1 Å². The van der Waals surface area contributed by atoms with E-state index in [2.05, 4.69) is 11.9 Å². The molecule has 0 atom stereocenters. The zero-order chi connectivity index (χ0) is 22.3. The summed E-state index contributed by atoms with van der Waals surface area (Å²) in [6.45, 7) is 3.04. The molecule has 4 aromatic rings. The van der Waals surface area contributed by atoms with Gasteiger partial charge < -0.3 is 5.11 Å². The Morgan fingerprint density at radius 3 is 2.44 bits per heavy atom. The molecule has 0 radical (unpaired) electrons. The Kier molecular flexibility index (Phi) is 6.70. The number of carbonyl (C=O) groups is 1. The van der Waals surface area contributed by atoms with Crippen molar-refractivity contribution in [3.63, 3.8) is 0 Å². The van der Waals surface area contributed by atoms with E-state index in [0.717, 1.165) is 54.1 Å². The molecule has 0 aliphatic carbocycles. The van der Waals surface area contributed by atoms with Crippen LogP contribution < -0.4 is 0 Å². The van der Waals surface area contributed by atoms with Crippen LogP contribution in [-0.4, -0.2) is 30.8 Å². The van der Waals surface area contributed by atoms with Crippen LogP contribution in [0, 0.1) is 0 Å². The maximum Gasteiger partial charge on any atom is 0.355 e. The van der Waals surface area contributed by atoms with Gasteiger partial charge >= 0.3 is 5.97 Å². The molecule has 0 fully saturated rings. The smallest absolute Gasteiger partial charge is 0.355 e. The van der Waals surface area contributed by atoms with E-state index in [4.69, 9.17) is 10.1 Å². The van der Waals surface area contributed by atoms with Crippen LogP contribution in [0.25, 0.3) is 22.5 Å². The highest BCUT2D eigenvalue weighted by Crippen LogP contribution is 2.24. The molecule has 6 heteroatoms. The van der Waals surface area contributed by atoms with E-state index in [9.17, 15) is 9.90 Å². The van der Waals surface area contributed by atoms with Crippen molar-refractivity contribution in [3.05, 3.63) is 90.0 Å². The summed E-state index contributed by atoms with van der Waals surface area (Å²) in [6.07, 6.45) is 5.54. The molecular weight excluding hydrogens is 400 g/mol. The van der Waals surface area contributed by atoms with E-state index in [1.165, 1.54) is 6.20 Å². The standard InChI is InChI=1S/C26H26N4O2/c1-2-3-7-17-30-23(28-25(29-30)21-9-5-4-6-10-21)18-19-12-14-20(15-13-19)22-11-8-16-27-24(22)26(31)32/h4-6,8-16H,2-3,7,17-18H2,1H3,(H,31,32). The Labute approximate surface area is 187 Å². The molecule has 2 aromatic carbocycles. The zero-order valence-electron chi connectivity index (χ0n) is 18.1. The van der Waals surface area contributed by atoms with E-state index in [1.807, 2.05) is 59.3 Å². The van der Waals surface area contributed by atoms with Crippen LogP contribution in [-0.2, 0) is 13.0 Å². The third-order valence-electron chi connectivity index (χ3n) is 5.39. The Balaban J connectivity index is 1.59. The maximum absolute atomic E-state index is 11.5. The molecule has 0 saturated heterocycles. The second-order valence-corrected chi connectivity index (χ2v) is 7.73. The number of nitrogens with zero attached hydrogens (tertiary/aromatic N) is 4. The zero-order valence-corrected chi connectivity index (χ0v) is 18.1. The quantitative estimate of drug-likeness (QED) is 0.358.